The molecule has 0 atom stereocenters. The zero-order chi connectivity index (χ0) is 16.1. The Hall–Kier alpha value is -2.88. The molecule has 23 heavy (non-hydrogen) atoms. The quantitative estimate of drug-likeness (QED) is 0.715. The summed E-state index contributed by atoms with van der Waals surface area (Å²) < 4.78 is 5.46. The van der Waals surface area contributed by atoms with Crippen LogP contribution in [0.25, 0.3) is 11.3 Å². The molecule has 4 heteroatoms. The van der Waals surface area contributed by atoms with E-state index in [2.05, 4.69) is 4.98 Å². The number of carbonyl (C=O) groups is 1. The lowest BCUT2D eigenvalue weighted by molar-refractivity contribution is 0.0747. The smallest absolute Gasteiger partial charge is 0.276 e. The first-order valence-corrected chi connectivity index (χ1v) is 7.61. The van der Waals surface area contributed by atoms with Crippen LogP contribution in [0.5, 0.6) is 0 Å². The van der Waals surface area contributed by atoms with Crippen LogP contribution in [0, 0.1) is 0 Å². The van der Waals surface area contributed by atoms with Gasteiger partial charge in [0.25, 0.3) is 5.91 Å². The Morgan fingerprint density at radius 1 is 1.04 bits per heavy atom. The van der Waals surface area contributed by atoms with Crippen molar-refractivity contribution in [3.8, 4) is 11.3 Å². The van der Waals surface area contributed by atoms with Crippen molar-refractivity contribution in [3.05, 3.63) is 78.3 Å². The molecule has 4 nitrogen and oxygen atoms in total. The highest BCUT2D eigenvalue weighted by Gasteiger charge is 2.22. The highest BCUT2D eigenvalue weighted by Crippen LogP contribution is 2.24. The number of hydrogen-bond acceptors (Lipinski definition) is 3. The van der Waals surface area contributed by atoms with Gasteiger partial charge in [-0.3, -0.25) is 4.79 Å². The van der Waals surface area contributed by atoms with Gasteiger partial charge in [0.2, 0.25) is 0 Å². The summed E-state index contributed by atoms with van der Waals surface area (Å²) in [6, 6.07) is 19.5. The van der Waals surface area contributed by atoms with Crippen LogP contribution in [0.15, 0.2) is 71.5 Å². The van der Waals surface area contributed by atoms with E-state index in [9.17, 15) is 4.79 Å². The third kappa shape index (κ3) is 3.31. The molecule has 0 spiro atoms. The van der Waals surface area contributed by atoms with Gasteiger partial charge in [0.05, 0.1) is 0 Å². The average molecular weight is 306 g/mol. The third-order valence-electron chi connectivity index (χ3n) is 3.69. The number of amides is 1. The van der Waals surface area contributed by atoms with Gasteiger partial charge < -0.3 is 9.32 Å². The molecule has 116 valence electrons. The second-order valence-electron chi connectivity index (χ2n) is 5.20. The molecule has 2 aromatic carbocycles. The van der Waals surface area contributed by atoms with Gasteiger partial charge in [0, 0.05) is 18.7 Å². The van der Waals surface area contributed by atoms with Gasteiger partial charge in [-0.15, -0.1) is 0 Å². The molecule has 0 aliphatic heterocycles. The fourth-order valence-electron chi connectivity index (χ4n) is 2.47. The normalized spacial score (nSPS) is 10.5. The first kappa shape index (κ1) is 15.0. The third-order valence-corrected chi connectivity index (χ3v) is 3.69. The van der Waals surface area contributed by atoms with Gasteiger partial charge >= 0.3 is 0 Å². The number of nitrogens with zero attached hydrogens (tertiary/aromatic N) is 2. The molecule has 0 saturated carbocycles. The molecular weight excluding hydrogens is 288 g/mol. The molecule has 1 amide bonds. The molecule has 0 unspecified atom stereocenters. The molecule has 3 aromatic rings. The summed E-state index contributed by atoms with van der Waals surface area (Å²) in [5.74, 6) is 0.395. The molecule has 1 heterocycles. The molecule has 1 aromatic heterocycles. The first-order chi connectivity index (χ1) is 11.3. The van der Waals surface area contributed by atoms with Gasteiger partial charge in [0.15, 0.2) is 17.8 Å². The van der Waals surface area contributed by atoms with E-state index < -0.39 is 0 Å². The molecule has 0 aliphatic carbocycles. The Kier molecular flexibility index (Phi) is 4.52. The SMILES string of the molecule is CCN(Cc1ccccc1)C(=O)c1ncoc1-c1ccccc1. The molecule has 0 aliphatic rings. The predicted octanol–water partition coefficient (Wildman–Crippen LogP) is 4.00. The van der Waals surface area contributed by atoms with E-state index in [0.717, 1.165) is 11.1 Å². The predicted molar refractivity (Wildman–Crippen MR) is 88.8 cm³/mol. The lowest BCUT2D eigenvalue weighted by Gasteiger charge is -2.20. The van der Waals surface area contributed by atoms with Crippen molar-refractivity contribution >= 4 is 5.91 Å². The van der Waals surface area contributed by atoms with E-state index in [1.54, 1.807) is 4.90 Å². The minimum atomic E-state index is -0.121. The number of aromatic nitrogens is 1. The van der Waals surface area contributed by atoms with Crippen LogP contribution in [0.3, 0.4) is 0 Å². The lowest BCUT2D eigenvalue weighted by atomic mass is 10.1. The highest BCUT2D eigenvalue weighted by molar-refractivity contribution is 5.97. The Balaban J connectivity index is 1.86. The molecule has 0 radical (unpaired) electrons. The van der Waals surface area contributed by atoms with Crippen LogP contribution in [0.4, 0.5) is 0 Å². The lowest BCUT2D eigenvalue weighted by Crippen LogP contribution is -2.30. The fourth-order valence-corrected chi connectivity index (χ4v) is 2.47. The zero-order valence-electron chi connectivity index (χ0n) is 13.0. The first-order valence-electron chi connectivity index (χ1n) is 7.61. The number of oxazole rings is 1. The minimum Gasteiger partial charge on any atom is -0.443 e. The number of hydrogen-bond donors (Lipinski definition) is 0. The summed E-state index contributed by atoms with van der Waals surface area (Å²) in [5, 5.41) is 0. The van der Waals surface area contributed by atoms with Crippen molar-refractivity contribution in [3.63, 3.8) is 0 Å². The standard InChI is InChI=1S/C19H18N2O2/c1-2-21(13-15-9-5-3-6-10-15)19(22)17-18(23-14-20-17)16-11-7-4-8-12-16/h3-12,14H,2,13H2,1H3. The molecule has 0 fully saturated rings. The summed E-state index contributed by atoms with van der Waals surface area (Å²) in [6.45, 7) is 3.12. The van der Waals surface area contributed by atoms with Crippen LogP contribution >= 0.6 is 0 Å². The van der Waals surface area contributed by atoms with E-state index in [1.807, 2.05) is 67.6 Å². The molecule has 0 bridgehead atoms. The summed E-state index contributed by atoms with van der Waals surface area (Å²) in [6.07, 6.45) is 1.33. The van der Waals surface area contributed by atoms with Crippen LogP contribution in [0.2, 0.25) is 0 Å². The number of benzene rings is 2. The Morgan fingerprint density at radius 2 is 1.70 bits per heavy atom. The van der Waals surface area contributed by atoms with E-state index in [1.165, 1.54) is 6.39 Å². The maximum Gasteiger partial charge on any atom is 0.276 e. The summed E-state index contributed by atoms with van der Waals surface area (Å²) in [4.78, 5) is 18.7. The number of carbonyl (C=O) groups excluding carboxylic acids is 1. The highest BCUT2D eigenvalue weighted by atomic mass is 16.3. The van der Waals surface area contributed by atoms with Gasteiger partial charge in [-0.1, -0.05) is 60.7 Å². The van der Waals surface area contributed by atoms with E-state index in [4.69, 9.17) is 4.42 Å². The maximum absolute atomic E-state index is 12.8. The van der Waals surface area contributed by atoms with Gasteiger partial charge in [-0.2, -0.15) is 0 Å². The van der Waals surface area contributed by atoms with Crippen molar-refractivity contribution in [2.75, 3.05) is 6.54 Å². The van der Waals surface area contributed by atoms with E-state index >= 15 is 0 Å². The van der Waals surface area contributed by atoms with Crippen LogP contribution in [-0.4, -0.2) is 22.3 Å². The van der Waals surface area contributed by atoms with Crippen molar-refractivity contribution in [2.45, 2.75) is 13.5 Å². The maximum atomic E-state index is 12.8. The van der Waals surface area contributed by atoms with Gasteiger partial charge in [-0.25, -0.2) is 4.98 Å². The summed E-state index contributed by atoms with van der Waals surface area (Å²) >= 11 is 0. The Morgan fingerprint density at radius 3 is 2.35 bits per heavy atom. The molecule has 0 N–H and O–H groups in total. The molecule has 3 rings (SSSR count). The van der Waals surface area contributed by atoms with Crippen molar-refractivity contribution < 1.29 is 9.21 Å². The second-order valence-corrected chi connectivity index (χ2v) is 5.20. The minimum absolute atomic E-state index is 0.121. The summed E-state index contributed by atoms with van der Waals surface area (Å²) in [7, 11) is 0. The Labute approximate surface area is 135 Å². The van der Waals surface area contributed by atoms with Crippen molar-refractivity contribution in [1.82, 2.24) is 9.88 Å². The van der Waals surface area contributed by atoms with Crippen LogP contribution in [-0.2, 0) is 6.54 Å². The van der Waals surface area contributed by atoms with Crippen molar-refractivity contribution in [2.24, 2.45) is 0 Å². The van der Waals surface area contributed by atoms with E-state index in [-0.39, 0.29) is 5.91 Å². The number of rotatable bonds is 5. The second kappa shape index (κ2) is 6.92. The molecular formula is C19H18N2O2. The van der Waals surface area contributed by atoms with Gasteiger partial charge in [0.1, 0.15) is 0 Å². The molecule has 0 saturated heterocycles. The largest absolute Gasteiger partial charge is 0.443 e. The van der Waals surface area contributed by atoms with Crippen LogP contribution < -0.4 is 0 Å². The Bertz CT molecular complexity index is 766. The summed E-state index contributed by atoms with van der Waals surface area (Å²) in [5.41, 5.74) is 2.30. The fraction of sp³-hybridized carbons (Fsp3) is 0.158. The van der Waals surface area contributed by atoms with Crippen LogP contribution in [0.1, 0.15) is 23.0 Å². The zero-order valence-corrected chi connectivity index (χ0v) is 13.0. The average Bonchev–Trinajstić information content (AvgIpc) is 3.10. The monoisotopic (exact) mass is 306 g/mol. The topological polar surface area (TPSA) is 46.3 Å². The van der Waals surface area contributed by atoms with Crippen molar-refractivity contribution in [1.29, 1.82) is 0 Å². The van der Waals surface area contributed by atoms with E-state index in [0.29, 0.717) is 24.5 Å². The van der Waals surface area contributed by atoms with Gasteiger partial charge in [-0.05, 0) is 12.5 Å².